The van der Waals surface area contributed by atoms with Gasteiger partial charge in [-0.15, -0.1) is 0 Å². The second kappa shape index (κ2) is 9.52. The van der Waals surface area contributed by atoms with E-state index in [2.05, 4.69) is 46.5 Å². The average Bonchev–Trinajstić information content (AvgIpc) is 3.42. The highest BCUT2D eigenvalue weighted by atomic mass is 16.5. The van der Waals surface area contributed by atoms with Crippen LogP contribution in [0.2, 0.25) is 0 Å². The molecule has 0 aliphatic heterocycles. The normalized spacial score (nSPS) is 15.0. The Morgan fingerprint density at radius 2 is 1.88 bits per heavy atom. The van der Waals surface area contributed by atoms with Gasteiger partial charge in [0.2, 0.25) is 0 Å². The Hall–Kier alpha value is -1.75. The lowest BCUT2D eigenvalue weighted by Crippen LogP contribution is -2.44. The number of hydrogen-bond donors (Lipinski definition) is 2. The highest BCUT2D eigenvalue weighted by Gasteiger charge is 2.29. The van der Waals surface area contributed by atoms with Crippen LogP contribution < -0.4 is 15.4 Å². The number of benzene rings is 1. The molecule has 1 aliphatic carbocycles. The van der Waals surface area contributed by atoms with Crippen LogP contribution >= 0.6 is 0 Å². The van der Waals surface area contributed by atoms with E-state index in [9.17, 15) is 0 Å². The van der Waals surface area contributed by atoms with Crippen LogP contribution in [0.1, 0.15) is 32.3 Å². The van der Waals surface area contributed by atoms with Crippen molar-refractivity contribution in [2.45, 2.75) is 45.2 Å². The maximum Gasteiger partial charge on any atom is 0.191 e. The third-order valence-corrected chi connectivity index (χ3v) is 4.43. The monoisotopic (exact) mass is 332 g/mol. The molecule has 0 saturated heterocycles. The Labute approximate surface area is 146 Å². The van der Waals surface area contributed by atoms with Gasteiger partial charge in [0.05, 0.1) is 7.11 Å². The average molecular weight is 332 g/mol. The maximum absolute atomic E-state index is 5.18. The largest absolute Gasteiger partial charge is 0.497 e. The maximum atomic E-state index is 5.18. The third kappa shape index (κ3) is 6.04. The van der Waals surface area contributed by atoms with Crippen molar-refractivity contribution in [2.75, 3.05) is 33.8 Å². The summed E-state index contributed by atoms with van der Waals surface area (Å²) in [5.74, 6) is 1.78. The van der Waals surface area contributed by atoms with Crippen molar-refractivity contribution in [2.24, 2.45) is 4.99 Å². The van der Waals surface area contributed by atoms with Crippen molar-refractivity contribution in [3.63, 3.8) is 0 Å². The SMILES string of the molecule is CN=C(NCCc1ccc(OC)cc1)NCCN(C(C)C)C1CC1. The Kier molecular flexibility index (Phi) is 7.37. The van der Waals surface area contributed by atoms with Gasteiger partial charge in [-0.05, 0) is 50.8 Å². The zero-order chi connectivity index (χ0) is 17.4. The number of rotatable bonds is 9. The first-order valence-electron chi connectivity index (χ1n) is 8.97. The summed E-state index contributed by atoms with van der Waals surface area (Å²) in [5.41, 5.74) is 1.29. The molecule has 0 bridgehead atoms. The van der Waals surface area contributed by atoms with Gasteiger partial charge in [0.1, 0.15) is 5.75 Å². The summed E-state index contributed by atoms with van der Waals surface area (Å²) in [6.45, 7) is 7.42. The molecule has 1 aromatic carbocycles. The van der Waals surface area contributed by atoms with Gasteiger partial charge in [-0.3, -0.25) is 9.89 Å². The lowest BCUT2D eigenvalue weighted by Gasteiger charge is -2.26. The molecule has 0 atom stereocenters. The first-order valence-corrected chi connectivity index (χ1v) is 8.97. The van der Waals surface area contributed by atoms with E-state index in [0.29, 0.717) is 6.04 Å². The fourth-order valence-corrected chi connectivity index (χ4v) is 2.91. The molecule has 5 heteroatoms. The van der Waals surface area contributed by atoms with Crippen molar-refractivity contribution < 1.29 is 4.74 Å². The quantitative estimate of drug-likeness (QED) is 0.538. The van der Waals surface area contributed by atoms with Gasteiger partial charge in [-0.25, -0.2) is 0 Å². The summed E-state index contributed by atoms with van der Waals surface area (Å²) in [7, 11) is 3.51. The fraction of sp³-hybridized carbons (Fsp3) is 0.632. The van der Waals surface area contributed by atoms with E-state index < -0.39 is 0 Å². The van der Waals surface area contributed by atoms with Gasteiger partial charge in [-0.1, -0.05) is 12.1 Å². The molecule has 1 aromatic rings. The van der Waals surface area contributed by atoms with E-state index in [-0.39, 0.29) is 0 Å². The highest BCUT2D eigenvalue weighted by Crippen LogP contribution is 2.27. The second-order valence-corrected chi connectivity index (χ2v) is 6.59. The number of methoxy groups -OCH3 is 1. The number of aliphatic imine (C=N–C) groups is 1. The molecule has 1 fully saturated rings. The van der Waals surface area contributed by atoms with Crippen LogP contribution in [0.25, 0.3) is 0 Å². The van der Waals surface area contributed by atoms with Crippen molar-refractivity contribution in [3.8, 4) is 5.75 Å². The Morgan fingerprint density at radius 1 is 1.21 bits per heavy atom. The third-order valence-electron chi connectivity index (χ3n) is 4.43. The van der Waals surface area contributed by atoms with Crippen LogP contribution in [0.15, 0.2) is 29.3 Å². The number of nitrogens with zero attached hydrogens (tertiary/aromatic N) is 2. The molecule has 5 nitrogen and oxygen atoms in total. The standard InChI is InChI=1S/C19H32N4O/c1-15(2)23(17-7-8-17)14-13-22-19(20-3)21-12-11-16-5-9-18(24-4)10-6-16/h5-6,9-10,15,17H,7-8,11-14H2,1-4H3,(H2,20,21,22). The minimum Gasteiger partial charge on any atom is -0.497 e. The molecule has 0 heterocycles. The molecular weight excluding hydrogens is 300 g/mol. The fourth-order valence-electron chi connectivity index (χ4n) is 2.91. The predicted molar refractivity (Wildman–Crippen MR) is 101 cm³/mol. The van der Waals surface area contributed by atoms with E-state index in [1.54, 1.807) is 7.11 Å². The van der Waals surface area contributed by atoms with Gasteiger partial charge in [0.15, 0.2) is 5.96 Å². The first kappa shape index (κ1) is 18.6. The summed E-state index contributed by atoms with van der Waals surface area (Å²) in [5, 5.41) is 6.80. The van der Waals surface area contributed by atoms with E-state index in [0.717, 1.165) is 43.8 Å². The molecule has 2 rings (SSSR count). The smallest absolute Gasteiger partial charge is 0.191 e. The summed E-state index contributed by atoms with van der Waals surface area (Å²) in [4.78, 5) is 6.89. The van der Waals surface area contributed by atoms with Gasteiger partial charge in [0, 0.05) is 38.8 Å². The van der Waals surface area contributed by atoms with E-state index in [1.807, 2.05) is 19.2 Å². The zero-order valence-electron chi connectivity index (χ0n) is 15.5. The minimum absolute atomic E-state index is 0.615. The first-order chi connectivity index (χ1) is 11.6. The van der Waals surface area contributed by atoms with Crippen molar-refractivity contribution in [1.82, 2.24) is 15.5 Å². The molecule has 0 unspecified atom stereocenters. The summed E-state index contributed by atoms with van der Waals surface area (Å²) >= 11 is 0. The molecule has 1 saturated carbocycles. The summed E-state index contributed by atoms with van der Waals surface area (Å²) in [6.07, 6.45) is 3.67. The lowest BCUT2D eigenvalue weighted by molar-refractivity contribution is 0.215. The Balaban J connectivity index is 1.66. The zero-order valence-corrected chi connectivity index (χ0v) is 15.5. The van der Waals surface area contributed by atoms with Crippen LogP contribution in [0.5, 0.6) is 5.75 Å². The molecule has 2 N–H and O–H groups in total. The molecule has 134 valence electrons. The van der Waals surface area contributed by atoms with Crippen LogP contribution in [0.3, 0.4) is 0 Å². The molecule has 0 spiro atoms. The summed E-state index contributed by atoms with van der Waals surface area (Å²) < 4.78 is 5.18. The van der Waals surface area contributed by atoms with Gasteiger partial charge in [0.25, 0.3) is 0 Å². The number of hydrogen-bond acceptors (Lipinski definition) is 3. The Morgan fingerprint density at radius 3 is 2.42 bits per heavy atom. The van der Waals surface area contributed by atoms with Crippen LogP contribution in [-0.2, 0) is 6.42 Å². The van der Waals surface area contributed by atoms with Crippen molar-refractivity contribution >= 4 is 5.96 Å². The van der Waals surface area contributed by atoms with Crippen LogP contribution in [0.4, 0.5) is 0 Å². The van der Waals surface area contributed by atoms with Gasteiger partial charge < -0.3 is 15.4 Å². The van der Waals surface area contributed by atoms with Gasteiger partial charge >= 0.3 is 0 Å². The lowest BCUT2D eigenvalue weighted by atomic mass is 10.1. The number of guanidine groups is 1. The minimum atomic E-state index is 0.615. The highest BCUT2D eigenvalue weighted by molar-refractivity contribution is 5.79. The summed E-state index contributed by atoms with van der Waals surface area (Å²) in [6, 6.07) is 9.63. The van der Waals surface area contributed by atoms with Crippen LogP contribution in [0, 0.1) is 0 Å². The molecule has 1 aliphatic rings. The van der Waals surface area contributed by atoms with E-state index in [4.69, 9.17) is 4.74 Å². The molecular formula is C19H32N4O. The molecule has 24 heavy (non-hydrogen) atoms. The molecule has 0 amide bonds. The molecule has 0 radical (unpaired) electrons. The number of nitrogens with one attached hydrogen (secondary N) is 2. The van der Waals surface area contributed by atoms with E-state index in [1.165, 1.54) is 18.4 Å². The number of ether oxygens (including phenoxy) is 1. The second-order valence-electron chi connectivity index (χ2n) is 6.59. The van der Waals surface area contributed by atoms with Crippen molar-refractivity contribution in [3.05, 3.63) is 29.8 Å². The van der Waals surface area contributed by atoms with Crippen LogP contribution in [-0.4, -0.2) is 56.7 Å². The van der Waals surface area contributed by atoms with Gasteiger partial charge in [-0.2, -0.15) is 0 Å². The van der Waals surface area contributed by atoms with Crippen molar-refractivity contribution in [1.29, 1.82) is 0 Å². The molecule has 0 aromatic heterocycles. The van der Waals surface area contributed by atoms with E-state index >= 15 is 0 Å². The predicted octanol–water partition coefficient (Wildman–Crippen LogP) is 2.28. The Bertz CT molecular complexity index is 507. The topological polar surface area (TPSA) is 48.9 Å².